The van der Waals surface area contributed by atoms with Crippen LogP contribution in [0.1, 0.15) is 20.7 Å². The average molecular weight is 485 g/mol. The van der Waals surface area contributed by atoms with Crippen molar-refractivity contribution in [3.05, 3.63) is 66.5 Å². The lowest BCUT2D eigenvalue weighted by Crippen LogP contribution is -2.01. The largest absolute Gasteiger partial charge is 0.478 e. The maximum absolute atomic E-state index is 11.1. The van der Waals surface area contributed by atoms with Crippen LogP contribution in [0.2, 0.25) is 10.0 Å². The number of carbonyl (C=O) groups excluding carboxylic acids is 1. The van der Waals surface area contributed by atoms with Crippen LogP contribution < -0.4 is 0 Å². The normalized spacial score (nSPS) is 9.61. The first kappa shape index (κ1) is 20.0. The summed E-state index contributed by atoms with van der Waals surface area (Å²) in [4.78, 5) is 21.6. The molecule has 0 aliphatic rings. The summed E-state index contributed by atoms with van der Waals surface area (Å²) < 4.78 is 5.76. The summed E-state index contributed by atoms with van der Waals surface area (Å²) in [6.07, 6.45) is 0. The summed E-state index contributed by atoms with van der Waals surface area (Å²) in [7, 11) is 1.33. The minimum atomic E-state index is -0.987. The van der Waals surface area contributed by atoms with Gasteiger partial charge in [0.2, 0.25) is 0 Å². The lowest BCUT2D eigenvalue weighted by molar-refractivity contribution is 0.0598. The van der Waals surface area contributed by atoms with Gasteiger partial charge in [0.15, 0.2) is 0 Å². The highest BCUT2D eigenvalue weighted by molar-refractivity contribution is 9.10. The monoisotopic (exact) mass is 482 g/mol. The number of ether oxygens (including phenoxy) is 1. The molecule has 8 heteroatoms. The molecule has 2 aromatic rings. The van der Waals surface area contributed by atoms with Gasteiger partial charge in [-0.3, -0.25) is 0 Å². The van der Waals surface area contributed by atoms with Gasteiger partial charge in [-0.25, -0.2) is 9.59 Å². The van der Waals surface area contributed by atoms with E-state index in [0.29, 0.717) is 24.6 Å². The van der Waals surface area contributed by atoms with Crippen molar-refractivity contribution in [2.45, 2.75) is 0 Å². The number of hydrogen-bond acceptors (Lipinski definition) is 3. The predicted octanol–water partition coefficient (Wildman–Crippen LogP) is 5.69. The van der Waals surface area contributed by atoms with Crippen LogP contribution in [0.15, 0.2) is 45.3 Å². The third-order valence-corrected chi connectivity index (χ3v) is 4.35. The highest BCUT2D eigenvalue weighted by Crippen LogP contribution is 2.22. The zero-order valence-corrected chi connectivity index (χ0v) is 16.3. The van der Waals surface area contributed by atoms with E-state index in [2.05, 4.69) is 36.6 Å². The second kappa shape index (κ2) is 9.27. The highest BCUT2D eigenvalue weighted by atomic mass is 79.9. The van der Waals surface area contributed by atoms with Gasteiger partial charge in [0, 0.05) is 19.0 Å². The summed E-state index contributed by atoms with van der Waals surface area (Å²) in [5, 5.41) is 9.54. The van der Waals surface area contributed by atoms with Gasteiger partial charge in [0.25, 0.3) is 0 Å². The zero-order chi connectivity index (χ0) is 17.6. The number of aromatic carboxylic acids is 1. The van der Waals surface area contributed by atoms with Crippen molar-refractivity contribution in [2.75, 3.05) is 7.11 Å². The van der Waals surface area contributed by atoms with Crippen molar-refractivity contribution < 1.29 is 19.4 Å². The van der Waals surface area contributed by atoms with E-state index in [1.807, 2.05) is 0 Å². The van der Waals surface area contributed by atoms with Gasteiger partial charge in [-0.1, -0.05) is 23.2 Å². The number of benzene rings is 2. The molecule has 0 saturated carbocycles. The SMILES string of the molecule is COC(=O)c1cc(Cl)ccc1Br.O=C(O)c1cc(Cl)ccc1Br. The van der Waals surface area contributed by atoms with Crippen LogP contribution in [0.3, 0.4) is 0 Å². The van der Waals surface area contributed by atoms with Gasteiger partial charge in [0.05, 0.1) is 18.2 Å². The predicted molar refractivity (Wildman–Crippen MR) is 96.6 cm³/mol. The average Bonchev–Trinajstić information content (AvgIpc) is 2.51. The Bertz CT molecular complexity index is 735. The molecule has 0 atom stereocenters. The maximum atomic E-state index is 11.1. The van der Waals surface area contributed by atoms with Crippen molar-refractivity contribution in [2.24, 2.45) is 0 Å². The van der Waals surface area contributed by atoms with Crippen LogP contribution in [-0.4, -0.2) is 24.2 Å². The number of carboxylic acid groups (broad SMARTS) is 1. The number of hydrogen-bond donors (Lipinski definition) is 1. The Balaban J connectivity index is 0.000000231. The molecule has 0 unspecified atom stereocenters. The molecule has 2 rings (SSSR count). The number of carbonyl (C=O) groups is 2. The smallest absolute Gasteiger partial charge is 0.339 e. The van der Waals surface area contributed by atoms with E-state index in [4.69, 9.17) is 28.3 Å². The summed E-state index contributed by atoms with van der Waals surface area (Å²) >= 11 is 17.6. The first-order valence-corrected chi connectivity index (χ1v) is 8.32. The van der Waals surface area contributed by atoms with Crippen molar-refractivity contribution >= 4 is 67.0 Å². The molecular weight excluding hydrogens is 475 g/mol. The van der Waals surface area contributed by atoms with E-state index in [-0.39, 0.29) is 5.56 Å². The summed E-state index contributed by atoms with van der Waals surface area (Å²) in [5.41, 5.74) is 0.613. The first-order valence-electron chi connectivity index (χ1n) is 5.98. The lowest BCUT2D eigenvalue weighted by Gasteiger charge is -2.01. The van der Waals surface area contributed by atoms with Crippen LogP contribution in [0, 0.1) is 0 Å². The van der Waals surface area contributed by atoms with E-state index < -0.39 is 11.9 Å². The van der Waals surface area contributed by atoms with E-state index in [1.54, 1.807) is 30.3 Å². The van der Waals surface area contributed by atoms with Crippen molar-refractivity contribution in [1.82, 2.24) is 0 Å². The molecule has 0 fully saturated rings. The number of carboxylic acids is 1. The fraction of sp³-hybridized carbons (Fsp3) is 0.0667. The standard InChI is InChI=1S/C8H6BrClO2.C7H4BrClO2/c1-12-8(11)6-4-5(10)2-3-7(6)9;8-6-2-1-4(9)3-5(6)7(10)11/h2-4H,1H3;1-3H,(H,10,11). The molecule has 0 amide bonds. The third-order valence-electron chi connectivity index (χ3n) is 2.49. The fourth-order valence-electron chi connectivity index (χ4n) is 1.43. The molecule has 2 aromatic carbocycles. The Morgan fingerprint density at radius 3 is 1.78 bits per heavy atom. The van der Waals surface area contributed by atoms with E-state index in [1.165, 1.54) is 13.2 Å². The molecule has 122 valence electrons. The molecule has 23 heavy (non-hydrogen) atoms. The van der Waals surface area contributed by atoms with Gasteiger partial charge in [-0.2, -0.15) is 0 Å². The number of methoxy groups -OCH3 is 1. The number of rotatable bonds is 2. The quantitative estimate of drug-likeness (QED) is 0.556. The molecule has 0 aromatic heterocycles. The molecule has 4 nitrogen and oxygen atoms in total. The van der Waals surface area contributed by atoms with Crippen LogP contribution in [-0.2, 0) is 4.74 Å². The van der Waals surface area contributed by atoms with Crippen molar-refractivity contribution in [1.29, 1.82) is 0 Å². The van der Waals surface area contributed by atoms with E-state index in [0.717, 1.165) is 0 Å². The minimum Gasteiger partial charge on any atom is -0.478 e. The Hall–Kier alpha value is -1.08. The van der Waals surface area contributed by atoms with Gasteiger partial charge in [-0.15, -0.1) is 0 Å². The zero-order valence-electron chi connectivity index (χ0n) is 11.6. The molecule has 0 aliphatic heterocycles. The second-order valence-corrected chi connectivity index (χ2v) is 6.63. The van der Waals surface area contributed by atoms with Crippen LogP contribution >= 0.6 is 55.1 Å². The Labute approximate surface area is 159 Å². The van der Waals surface area contributed by atoms with Crippen molar-refractivity contribution in [3.8, 4) is 0 Å². The summed E-state index contributed by atoms with van der Waals surface area (Å²) in [5.74, 6) is -1.39. The molecule has 0 heterocycles. The van der Waals surface area contributed by atoms with E-state index in [9.17, 15) is 9.59 Å². The van der Waals surface area contributed by atoms with Gasteiger partial charge in [-0.05, 0) is 68.3 Å². The van der Waals surface area contributed by atoms with Gasteiger partial charge >= 0.3 is 11.9 Å². The molecule has 0 radical (unpaired) electrons. The Morgan fingerprint density at radius 1 is 0.957 bits per heavy atom. The highest BCUT2D eigenvalue weighted by Gasteiger charge is 2.09. The summed E-state index contributed by atoms with van der Waals surface area (Å²) in [6.45, 7) is 0. The molecule has 0 aliphatic carbocycles. The van der Waals surface area contributed by atoms with E-state index >= 15 is 0 Å². The molecule has 0 bridgehead atoms. The maximum Gasteiger partial charge on any atom is 0.339 e. The summed E-state index contributed by atoms with van der Waals surface area (Å²) in [6, 6.07) is 9.57. The van der Waals surface area contributed by atoms with Crippen LogP contribution in [0.25, 0.3) is 0 Å². The molecular formula is C15H10Br2Cl2O4. The van der Waals surface area contributed by atoms with Gasteiger partial charge < -0.3 is 9.84 Å². The first-order chi connectivity index (χ1) is 10.8. The fourth-order valence-corrected chi connectivity index (χ4v) is 2.59. The Morgan fingerprint density at radius 2 is 1.39 bits per heavy atom. The third kappa shape index (κ3) is 6.14. The lowest BCUT2D eigenvalue weighted by atomic mass is 10.2. The number of halogens is 4. The molecule has 0 spiro atoms. The molecule has 0 saturated heterocycles. The second-order valence-electron chi connectivity index (χ2n) is 4.05. The topological polar surface area (TPSA) is 63.6 Å². The molecule has 1 N–H and O–H groups in total. The minimum absolute atomic E-state index is 0.178. The Kier molecular flexibility index (Phi) is 8.05. The van der Waals surface area contributed by atoms with Crippen LogP contribution in [0.5, 0.6) is 0 Å². The number of esters is 1. The van der Waals surface area contributed by atoms with Crippen LogP contribution in [0.4, 0.5) is 0 Å². The van der Waals surface area contributed by atoms with Crippen molar-refractivity contribution in [3.63, 3.8) is 0 Å². The van der Waals surface area contributed by atoms with Gasteiger partial charge in [0.1, 0.15) is 0 Å².